The van der Waals surface area contributed by atoms with Crippen LogP contribution in [0.4, 0.5) is 0 Å². The highest BCUT2D eigenvalue weighted by molar-refractivity contribution is 7.47. The van der Waals surface area contributed by atoms with Crippen molar-refractivity contribution >= 4 is 13.8 Å². The van der Waals surface area contributed by atoms with E-state index in [1.54, 1.807) is 0 Å². The molecule has 6 N–H and O–H groups in total. The van der Waals surface area contributed by atoms with Crippen molar-refractivity contribution in [3.05, 3.63) is 48.6 Å². The first-order valence-electron chi connectivity index (χ1n) is 21.5. The van der Waals surface area contributed by atoms with Gasteiger partial charge in [-0.3, -0.25) is 13.8 Å². The van der Waals surface area contributed by atoms with Gasteiger partial charge in [0.05, 0.1) is 13.2 Å². The van der Waals surface area contributed by atoms with Crippen LogP contribution in [0.3, 0.4) is 0 Å². The molecule has 0 aromatic carbocycles. The molecule has 0 amide bonds. The normalized spacial score (nSPS) is 23.5. The summed E-state index contributed by atoms with van der Waals surface area (Å²) in [5.74, 6) is -0.487. The fraction of sp³-hybridized carbons (Fsp3) is 0.791. The summed E-state index contributed by atoms with van der Waals surface area (Å²) in [5, 5.41) is 50.0. The van der Waals surface area contributed by atoms with Crippen molar-refractivity contribution in [2.75, 3.05) is 19.8 Å². The van der Waals surface area contributed by atoms with Crippen LogP contribution in [-0.4, -0.2) is 98.9 Å². The predicted molar refractivity (Wildman–Crippen MR) is 221 cm³/mol. The SMILES string of the molecule is CC/C=C\C/C=C\C/C=C\C/C=C\CCCCCCCCCOCC(COP(=O)(O)OC1C(O)C(O)C(O)C(O)C1O)OC(=O)CCCCCCCCCCC. The number of phosphoric acid groups is 1. The second kappa shape index (κ2) is 34.2. The zero-order valence-electron chi connectivity index (χ0n) is 34.4. The minimum Gasteiger partial charge on any atom is -0.457 e. The highest BCUT2D eigenvalue weighted by Crippen LogP contribution is 2.47. The molecule has 0 aromatic heterocycles. The monoisotopic (exact) mass is 817 g/mol. The van der Waals surface area contributed by atoms with Crippen LogP contribution in [0.5, 0.6) is 0 Å². The Morgan fingerprint density at radius 1 is 0.589 bits per heavy atom. The van der Waals surface area contributed by atoms with E-state index in [1.165, 1.54) is 51.4 Å². The van der Waals surface area contributed by atoms with Gasteiger partial charge in [-0.25, -0.2) is 4.57 Å². The van der Waals surface area contributed by atoms with E-state index in [9.17, 15) is 39.8 Å². The Kier molecular flexibility index (Phi) is 31.9. The molecule has 12 nitrogen and oxygen atoms in total. The Hall–Kier alpha value is -1.70. The van der Waals surface area contributed by atoms with Crippen molar-refractivity contribution < 1.29 is 58.3 Å². The molecule has 326 valence electrons. The van der Waals surface area contributed by atoms with E-state index in [4.69, 9.17) is 18.5 Å². The number of esters is 1. The van der Waals surface area contributed by atoms with Crippen LogP contribution in [0.15, 0.2) is 48.6 Å². The van der Waals surface area contributed by atoms with Crippen molar-refractivity contribution in [3.8, 4) is 0 Å². The van der Waals surface area contributed by atoms with Crippen molar-refractivity contribution in [1.82, 2.24) is 0 Å². The van der Waals surface area contributed by atoms with E-state index in [0.717, 1.165) is 77.0 Å². The summed E-state index contributed by atoms with van der Waals surface area (Å²) in [7, 11) is -5.01. The Morgan fingerprint density at radius 3 is 1.61 bits per heavy atom. The summed E-state index contributed by atoms with van der Waals surface area (Å²) in [6.45, 7) is 4.08. The molecule has 6 atom stereocenters. The van der Waals surface area contributed by atoms with Gasteiger partial charge in [-0.1, -0.05) is 146 Å². The number of allylic oxidation sites excluding steroid dienone is 8. The highest BCUT2D eigenvalue weighted by Gasteiger charge is 2.51. The lowest BCUT2D eigenvalue weighted by atomic mass is 9.85. The van der Waals surface area contributed by atoms with Crippen LogP contribution in [0.2, 0.25) is 0 Å². The van der Waals surface area contributed by atoms with E-state index in [-0.39, 0.29) is 13.0 Å². The number of aliphatic hydroxyl groups excluding tert-OH is 5. The number of hydrogen-bond donors (Lipinski definition) is 6. The molecule has 1 rings (SSSR count). The molecule has 0 spiro atoms. The molecular formula is C43H77O12P. The smallest absolute Gasteiger partial charge is 0.457 e. The minimum absolute atomic E-state index is 0.0842. The fourth-order valence-electron chi connectivity index (χ4n) is 6.29. The van der Waals surface area contributed by atoms with E-state index in [0.29, 0.717) is 13.0 Å². The van der Waals surface area contributed by atoms with Gasteiger partial charge in [-0.05, 0) is 51.4 Å². The summed E-state index contributed by atoms with van der Waals surface area (Å²) < 4.78 is 34.0. The molecule has 0 aliphatic heterocycles. The molecule has 0 aromatic rings. The van der Waals surface area contributed by atoms with Crippen LogP contribution in [0.1, 0.15) is 155 Å². The average molecular weight is 817 g/mol. The van der Waals surface area contributed by atoms with Gasteiger partial charge in [0.25, 0.3) is 0 Å². The Bertz CT molecular complexity index is 1110. The maximum Gasteiger partial charge on any atom is 0.472 e. The number of hydrogen-bond acceptors (Lipinski definition) is 11. The topological polar surface area (TPSA) is 192 Å². The van der Waals surface area contributed by atoms with Crippen LogP contribution in [0, 0.1) is 0 Å². The van der Waals surface area contributed by atoms with E-state index in [2.05, 4.69) is 62.5 Å². The molecule has 0 heterocycles. The molecular weight excluding hydrogens is 739 g/mol. The lowest BCUT2D eigenvalue weighted by Gasteiger charge is -2.41. The molecule has 1 aliphatic rings. The first-order chi connectivity index (χ1) is 27.0. The van der Waals surface area contributed by atoms with Gasteiger partial charge in [0.1, 0.15) is 42.7 Å². The van der Waals surface area contributed by atoms with Crippen molar-refractivity contribution in [2.45, 2.75) is 198 Å². The van der Waals surface area contributed by atoms with Gasteiger partial charge in [0.2, 0.25) is 0 Å². The number of carbonyl (C=O) groups excluding carboxylic acids is 1. The molecule has 0 radical (unpaired) electrons. The van der Waals surface area contributed by atoms with E-state index in [1.807, 2.05) is 0 Å². The zero-order valence-corrected chi connectivity index (χ0v) is 35.3. The maximum absolute atomic E-state index is 12.8. The maximum atomic E-state index is 12.8. The largest absolute Gasteiger partial charge is 0.472 e. The fourth-order valence-corrected chi connectivity index (χ4v) is 7.26. The summed E-state index contributed by atoms with van der Waals surface area (Å²) in [5.41, 5.74) is 0. The third kappa shape index (κ3) is 26.3. The Morgan fingerprint density at radius 2 is 1.05 bits per heavy atom. The lowest BCUT2D eigenvalue weighted by molar-refractivity contribution is -0.220. The Balaban J connectivity index is 2.38. The summed E-state index contributed by atoms with van der Waals surface area (Å²) in [6, 6.07) is 0. The first-order valence-corrected chi connectivity index (χ1v) is 23.0. The number of unbranched alkanes of at least 4 members (excludes halogenated alkanes) is 15. The number of carbonyl (C=O) groups is 1. The number of rotatable bonds is 35. The summed E-state index contributed by atoms with van der Waals surface area (Å²) >= 11 is 0. The number of ether oxygens (including phenoxy) is 2. The molecule has 6 unspecified atom stereocenters. The molecule has 13 heteroatoms. The highest BCUT2D eigenvalue weighted by atomic mass is 31.2. The number of aliphatic hydroxyl groups is 5. The summed E-state index contributed by atoms with van der Waals surface area (Å²) in [6.07, 6.45) is 27.7. The average Bonchev–Trinajstić information content (AvgIpc) is 3.18. The van der Waals surface area contributed by atoms with Crippen molar-refractivity contribution in [2.24, 2.45) is 0 Å². The second-order valence-electron chi connectivity index (χ2n) is 14.8. The van der Waals surface area contributed by atoms with Gasteiger partial charge in [0.15, 0.2) is 0 Å². The Labute approximate surface area is 337 Å². The third-order valence-corrected chi connectivity index (χ3v) is 10.7. The first kappa shape index (κ1) is 52.3. The van der Waals surface area contributed by atoms with Gasteiger partial charge < -0.3 is 39.9 Å². The number of phosphoric ester groups is 1. The van der Waals surface area contributed by atoms with Crippen molar-refractivity contribution in [1.29, 1.82) is 0 Å². The molecule has 0 bridgehead atoms. The standard InChI is InChI=1S/C43H77O12P/c1-3-5-7-9-11-13-14-15-16-17-18-19-20-21-22-23-25-27-29-31-33-52-34-36(54-37(44)32-30-28-26-24-12-10-8-6-4-2)35-53-56(50,51)55-43-41(48)39(46)38(45)40(47)42(43)49/h5,7,11,13,15-16,18-19,36,38-43,45-49H,3-4,6,8-10,12,14,17,20-35H2,1-2H3,(H,50,51)/b7-5-,13-11-,16-15-,19-18-. The molecule has 1 saturated carbocycles. The molecule has 1 fully saturated rings. The molecule has 0 saturated heterocycles. The van der Waals surface area contributed by atoms with Crippen LogP contribution in [0.25, 0.3) is 0 Å². The lowest BCUT2D eigenvalue weighted by Crippen LogP contribution is -2.64. The van der Waals surface area contributed by atoms with Gasteiger partial charge in [-0.15, -0.1) is 0 Å². The quantitative estimate of drug-likeness (QED) is 0.0156. The van der Waals surface area contributed by atoms with Crippen molar-refractivity contribution in [3.63, 3.8) is 0 Å². The molecule has 1 aliphatic carbocycles. The zero-order chi connectivity index (χ0) is 41.3. The van der Waals surface area contributed by atoms with Crippen LogP contribution >= 0.6 is 7.82 Å². The van der Waals surface area contributed by atoms with Gasteiger partial charge in [-0.2, -0.15) is 0 Å². The third-order valence-electron chi connectivity index (χ3n) is 9.72. The van der Waals surface area contributed by atoms with Crippen LogP contribution in [-0.2, 0) is 27.9 Å². The van der Waals surface area contributed by atoms with Gasteiger partial charge in [0, 0.05) is 13.0 Å². The molecule has 56 heavy (non-hydrogen) atoms. The second-order valence-corrected chi connectivity index (χ2v) is 16.2. The van der Waals surface area contributed by atoms with E-state index < -0.39 is 63.1 Å². The minimum atomic E-state index is -5.01. The summed E-state index contributed by atoms with van der Waals surface area (Å²) in [4.78, 5) is 23.0. The van der Waals surface area contributed by atoms with Crippen LogP contribution < -0.4 is 0 Å². The van der Waals surface area contributed by atoms with E-state index >= 15 is 0 Å². The van der Waals surface area contributed by atoms with Gasteiger partial charge >= 0.3 is 13.8 Å². The predicted octanol–water partition coefficient (Wildman–Crippen LogP) is 8.08.